The van der Waals surface area contributed by atoms with E-state index in [4.69, 9.17) is 34.8 Å². The maximum atomic E-state index is 14.3. The lowest BCUT2D eigenvalue weighted by molar-refractivity contribution is -0.106. The number of hydrogen-bond donors (Lipinski definition) is 0. The normalized spacial score (nSPS) is 14.7. The van der Waals surface area contributed by atoms with Gasteiger partial charge in [-0.05, 0) is 47.4 Å². The van der Waals surface area contributed by atoms with E-state index in [-0.39, 0.29) is 32.6 Å². The smallest absolute Gasteiger partial charge is 0.294 e. The van der Waals surface area contributed by atoms with E-state index in [2.05, 4.69) is 0 Å². The number of carbonyl (C=O) groups excluding carboxylic acids is 1. The molecule has 0 radical (unpaired) electrons. The summed E-state index contributed by atoms with van der Waals surface area (Å²) in [6.07, 6.45) is -2.56. The Morgan fingerprint density at radius 2 is 1.58 bits per heavy atom. The molecule has 0 saturated heterocycles. The highest BCUT2D eigenvalue weighted by Gasteiger charge is 2.36. The predicted molar refractivity (Wildman–Crippen MR) is 133 cm³/mol. The summed E-state index contributed by atoms with van der Waals surface area (Å²) in [6, 6.07) is 8.35. The Bertz CT molecular complexity index is 1220. The van der Waals surface area contributed by atoms with Crippen LogP contribution in [0.2, 0.25) is 15.1 Å². The zero-order valence-electron chi connectivity index (χ0n) is 19.1. The molecular weight excluding hydrogens is 570 g/mol. The molecule has 36 heavy (non-hydrogen) atoms. The maximum Gasteiger partial charge on any atom is 0.402 e. The summed E-state index contributed by atoms with van der Waals surface area (Å²) in [5.74, 6) is -8.73. The van der Waals surface area contributed by atoms with Gasteiger partial charge in [0.15, 0.2) is 15.6 Å². The first kappa shape index (κ1) is 30.5. The van der Waals surface area contributed by atoms with Crippen LogP contribution in [0.3, 0.4) is 0 Å². The fourth-order valence-electron chi connectivity index (χ4n) is 3.62. The molecule has 0 aliphatic rings. The lowest BCUT2D eigenvalue weighted by atomic mass is 9.92. The number of rotatable bonds is 10. The molecule has 0 fully saturated rings. The van der Waals surface area contributed by atoms with Crippen molar-refractivity contribution in [2.24, 2.45) is 5.92 Å². The molecule has 12 heteroatoms. The first-order valence-corrected chi connectivity index (χ1v) is 13.4. The summed E-state index contributed by atoms with van der Waals surface area (Å²) in [5.41, 5.74) is 0.635. The Morgan fingerprint density at radius 3 is 2.08 bits per heavy atom. The fraction of sp³-hybridized carbons (Fsp3) is 0.375. The van der Waals surface area contributed by atoms with E-state index in [0.717, 1.165) is 6.92 Å². The van der Waals surface area contributed by atoms with Gasteiger partial charge in [-0.3, -0.25) is 4.79 Å². The van der Waals surface area contributed by atoms with Crippen LogP contribution >= 0.6 is 34.8 Å². The molecule has 0 heterocycles. The van der Waals surface area contributed by atoms with E-state index in [1.54, 1.807) is 0 Å². The van der Waals surface area contributed by atoms with Crippen molar-refractivity contribution in [3.8, 4) is 0 Å². The molecular formula is C24H22Cl3F5O3S. The second-order valence-corrected chi connectivity index (χ2v) is 12.0. The molecule has 0 aliphatic carbocycles. The summed E-state index contributed by atoms with van der Waals surface area (Å²) < 4.78 is 89.2. The monoisotopic (exact) mass is 590 g/mol. The SMILES string of the molecule is C[C@@H](CC(=O)c1ccc(/C=C/C(c2cc(Cl)cc(Cl)c2)C(C)(F)F)cc1Cl)CS(=O)(=O)CC(F)(F)F. The first-order valence-electron chi connectivity index (χ1n) is 10.5. The molecule has 2 aromatic rings. The molecule has 0 spiro atoms. The van der Waals surface area contributed by atoms with Gasteiger partial charge in [0.2, 0.25) is 0 Å². The minimum atomic E-state index is -4.87. The average Bonchev–Trinajstić information content (AvgIpc) is 2.63. The Morgan fingerprint density at radius 1 is 1.00 bits per heavy atom. The number of ketones is 1. The van der Waals surface area contributed by atoms with Crippen LogP contribution in [-0.4, -0.2) is 37.8 Å². The molecule has 2 aromatic carbocycles. The molecule has 2 atom stereocenters. The van der Waals surface area contributed by atoms with Gasteiger partial charge >= 0.3 is 6.18 Å². The lowest BCUT2D eigenvalue weighted by Gasteiger charge is -2.21. The van der Waals surface area contributed by atoms with Gasteiger partial charge in [0.1, 0.15) is 5.75 Å². The molecule has 1 unspecified atom stereocenters. The zero-order chi connectivity index (χ0) is 27.5. The second kappa shape index (κ2) is 11.8. The number of carbonyl (C=O) groups is 1. The third-order valence-electron chi connectivity index (χ3n) is 5.02. The predicted octanol–water partition coefficient (Wildman–Crippen LogP) is 8.29. The van der Waals surface area contributed by atoms with Gasteiger partial charge in [-0.15, -0.1) is 0 Å². The van der Waals surface area contributed by atoms with Crippen molar-refractivity contribution in [2.75, 3.05) is 11.5 Å². The Kier molecular flexibility index (Phi) is 10.0. The number of sulfone groups is 1. The van der Waals surface area contributed by atoms with Crippen LogP contribution in [0.1, 0.15) is 47.7 Å². The Labute approximate surface area is 221 Å². The van der Waals surface area contributed by atoms with Crippen molar-refractivity contribution >= 4 is 56.5 Å². The number of alkyl halides is 5. The number of allylic oxidation sites excluding steroid dienone is 1. The van der Waals surface area contributed by atoms with Crippen molar-refractivity contribution in [1.82, 2.24) is 0 Å². The van der Waals surface area contributed by atoms with Crippen molar-refractivity contribution in [3.05, 3.63) is 74.2 Å². The number of benzene rings is 2. The van der Waals surface area contributed by atoms with E-state index in [1.165, 1.54) is 55.5 Å². The summed E-state index contributed by atoms with van der Waals surface area (Å²) in [6.45, 7) is 2.10. The maximum absolute atomic E-state index is 14.3. The van der Waals surface area contributed by atoms with Crippen LogP contribution in [0.15, 0.2) is 42.5 Å². The molecule has 0 bridgehead atoms. The van der Waals surface area contributed by atoms with Gasteiger partial charge in [-0.25, -0.2) is 17.2 Å². The van der Waals surface area contributed by atoms with Crippen LogP contribution in [0.25, 0.3) is 6.08 Å². The summed E-state index contributed by atoms with van der Waals surface area (Å²) in [7, 11) is -4.44. The van der Waals surface area contributed by atoms with Crippen LogP contribution in [0.5, 0.6) is 0 Å². The number of hydrogen-bond acceptors (Lipinski definition) is 3. The number of halogens is 8. The van der Waals surface area contributed by atoms with Gasteiger partial charge in [0.05, 0.1) is 16.7 Å². The van der Waals surface area contributed by atoms with Gasteiger partial charge in [-0.2, -0.15) is 13.2 Å². The Hall–Kier alpha value is -1.68. The van der Waals surface area contributed by atoms with E-state index >= 15 is 0 Å². The highest BCUT2D eigenvalue weighted by atomic mass is 35.5. The van der Waals surface area contributed by atoms with Crippen LogP contribution in [0.4, 0.5) is 22.0 Å². The molecule has 0 saturated carbocycles. The van der Waals surface area contributed by atoms with Crippen LogP contribution in [-0.2, 0) is 9.84 Å². The largest absolute Gasteiger partial charge is 0.402 e. The topological polar surface area (TPSA) is 51.2 Å². The van der Waals surface area contributed by atoms with E-state index < -0.39 is 51.1 Å². The van der Waals surface area contributed by atoms with Crippen LogP contribution < -0.4 is 0 Å². The molecule has 2 rings (SSSR count). The van der Waals surface area contributed by atoms with E-state index in [9.17, 15) is 35.2 Å². The minimum Gasteiger partial charge on any atom is -0.294 e. The van der Waals surface area contributed by atoms with E-state index in [1.807, 2.05) is 0 Å². The molecule has 198 valence electrons. The third kappa shape index (κ3) is 9.65. The highest BCUT2D eigenvalue weighted by Crippen LogP contribution is 2.37. The molecule has 0 N–H and O–H groups in total. The van der Waals surface area contributed by atoms with Gasteiger partial charge in [0, 0.05) is 29.0 Å². The van der Waals surface area contributed by atoms with Gasteiger partial charge < -0.3 is 0 Å². The summed E-state index contributed by atoms with van der Waals surface area (Å²) >= 11 is 18.1. The summed E-state index contributed by atoms with van der Waals surface area (Å²) in [4.78, 5) is 12.6. The van der Waals surface area contributed by atoms with Crippen molar-refractivity contribution in [1.29, 1.82) is 0 Å². The van der Waals surface area contributed by atoms with Gasteiger partial charge in [0.25, 0.3) is 5.92 Å². The average molecular weight is 592 g/mol. The van der Waals surface area contributed by atoms with Crippen molar-refractivity contribution in [2.45, 2.75) is 38.3 Å². The molecule has 0 amide bonds. The highest BCUT2D eigenvalue weighted by molar-refractivity contribution is 7.91. The lowest BCUT2D eigenvalue weighted by Crippen LogP contribution is -2.28. The number of Topliss-reactive ketones (excluding diaryl/α,β-unsaturated/α-hetero) is 1. The van der Waals surface area contributed by atoms with Crippen LogP contribution in [0, 0.1) is 5.92 Å². The molecule has 0 aromatic heterocycles. The van der Waals surface area contributed by atoms with Gasteiger partial charge in [-0.1, -0.05) is 59.9 Å². The minimum absolute atomic E-state index is 0.0156. The van der Waals surface area contributed by atoms with Crippen molar-refractivity contribution in [3.63, 3.8) is 0 Å². The fourth-order valence-corrected chi connectivity index (χ4v) is 6.06. The zero-order valence-corrected chi connectivity index (χ0v) is 22.1. The Balaban J connectivity index is 2.18. The standard InChI is InChI=1S/C24H22Cl3F5O3S/c1-14(12-36(34,35)13-24(30,31)32)7-22(33)19-5-3-15(8-21(19)27)4-6-20(23(2,28)29)16-9-17(25)11-18(26)10-16/h3-6,8-11,14,20H,7,12-13H2,1-2H3/b6-4+/t14-,20?/m0/s1. The molecule has 3 nitrogen and oxygen atoms in total. The third-order valence-corrected chi connectivity index (χ3v) is 7.61. The molecule has 0 aliphatic heterocycles. The first-order chi connectivity index (χ1) is 16.4. The second-order valence-electron chi connectivity index (χ2n) is 8.64. The quantitative estimate of drug-likeness (QED) is 0.206. The van der Waals surface area contributed by atoms with Crippen molar-refractivity contribution < 1.29 is 35.2 Å². The van der Waals surface area contributed by atoms with E-state index in [0.29, 0.717) is 5.56 Å². The summed E-state index contributed by atoms with van der Waals surface area (Å²) in [5, 5.41) is 0.385.